The molecule has 0 amide bonds. The van der Waals surface area contributed by atoms with Crippen LogP contribution in [0.1, 0.15) is 12.0 Å². The SMILES string of the molecule is O=S(=O)(NCc1cccc(Br)c1)c1cnn(CCCO)c1. The Balaban J connectivity index is 2.02. The van der Waals surface area contributed by atoms with Crippen LogP contribution in [0.25, 0.3) is 0 Å². The van der Waals surface area contributed by atoms with Crippen LogP contribution in [0, 0.1) is 0 Å². The minimum Gasteiger partial charge on any atom is -0.396 e. The van der Waals surface area contributed by atoms with Crippen molar-refractivity contribution in [2.24, 2.45) is 0 Å². The second-order valence-corrected chi connectivity index (χ2v) is 7.15. The summed E-state index contributed by atoms with van der Waals surface area (Å²) in [6.45, 7) is 0.740. The van der Waals surface area contributed by atoms with Crippen LogP contribution < -0.4 is 4.72 Å². The van der Waals surface area contributed by atoms with Crippen LogP contribution in [-0.2, 0) is 23.1 Å². The Morgan fingerprint density at radius 2 is 2.19 bits per heavy atom. The lowest BCUT2D eigenvalue weighted by Crippen LogP contribution is -2.22. The van der Waals surface area contributed by atoms with Crippen LogP contribution in [0.4, 0.5) is 0 Å². The van der Waals surface area contributed by atoms with Gasteiger partial charge >= 0.3 is 0 Å². The standard InChI is InChI=1S/C13H16BrN3O3S/c14-12-4-1-3-11(7-12)8-16-21(19,20)13-9-15-17(10-13)5-2-6-18/h1,3-4,7,9-10,16,18H,2,5-6,8H2. The van der Waals surface area contributed by atoms with Gasteiger partial charge in [-0.2, -0.15) is 5.10 Å². The minimum absolute atomic E-state index is 0.0447. The van der Waals surface area contributed by atoms with Gasteiger partial charge in [-0.3, -0.25) is 4.68 Å². The number of aliphatic hydroxyl groups is 1. The molecule has 0 saturated carbocycles. The molecular formula is C13H16BrN3O3S. The summed E-state index contributed by atoms with van der Waals surface area (Å²) >= 11 is 3.34. The van der Waals surface area contributed by atoms with Crippen LogP contribution in [0.15, 0.2) is 46.0 Å². The first kappa shape index (κ1) is 16.2. The number of sulfonamides is 1. The van der Waals surface area contributed by atoms with Crippen molar-refractivity contribution in [3.63, 3.8) is 0 Å². The third-order valence-corrected chi connectivity index (χ3v) is 4.67. The average molecular weight is 374 g/mol. The molecule has 1 aromatic heterocycles. The normalized spacial score (nSPS) is 11.7. The van der Waals surface area contributed by atoms with Gasteiger partial charge in [0.25, 0.3) is 0 Å². The lowest BCUT2D eigenvalue weighted by molar-refractivity contribution is 0.277. The van der Waals surface area contributed by atoms with Gasteiger partial charge in [-0.25, -0.2) is 13.1 Å². The number of hydrogen-bond donors (Lipinski definition) is 2. The minimum atomic E-state index is -3.59. The molecule has 0 fully saturated rings. The van der Waals surface area contributed by atoms with E-state index < -0.39 is 10.0 Å². The fourth-order valence-electron chi connectivity index (χ4n) is 1.75. The first-order chi connectivity index (χ1) is 10.0. The first-order valence-electron chi connectivity index (χ1n) is 6.39. The molecule has 0 spiro atoms. The highest BCUT2D eigenvalue weighted by Crippen LogP contribution is 2.13. The predicted octanol–water partition coefficient (Wildman–Crippen LogP) is 1.51. The van der Waals surface area contributed by atoms with Gasteiger partial charge in [0.2, 0.25) is 10.0 Å². The molecule has 114 valence electrons. The van der Waals surface area contributed by atoms with Crippen LogP contribution in [0.2, 0.25) is 0 Å². The zero-order chi connectivity index (χ0) is 15.3. The number of aryl methyl sites for hydroxylation is 1. The summed E-state index contributed by atoms with van der Waals surface area (Å²) in [7, 11) is -3.59. The third-order valence-electron chi connectivity index (χ3n) is 2.82. The van der Waals surface area contributed by atoms with E-state index >= 15 is 0 Å². The van der Waals surface area contributed by atoms with E-state index in [2.05, 4.69) is 25.8 Å². The van der Waals surface area contributed by atoms with Gasteiger partial charge in [-0.15, -0.1) is 0 Å². The van der Waals surface area contributed by atoms with Gasteiger partial charge in [0, 0.05) is 30.4 Å². The summed E-state index contributed by atoms with van der Waals surface area (Å²) in [5.74, 6) is 0. The monoisotopic (exact) mass is 373 g/mol. The molecule has 0 unspecified atom stereocenters. The molecule has 0 radical (unpaired) electrons. The first-order valence-corrected chi connectivity index (χ1v) is 8.66. The highest BCUT2D eigenvalue weighted by atomic mass is 79.9. The number of nitrogens with zero attached hydrogens (tertiary/aromatic N) is 2. The summed E-state index contributed by atoms with van der Waals surface area (Å²) < 4.78 is 29.2. The Bertz CT molecular complexity index is 700. The van der Waals surface area contributed by atoms with Crippen molar-refractivity contribution in [2.45, 2.75) is 24.4 Å². The fourth-order valence-corrected chi connectivity index (χ4v) is 3.16. The molecule has 2 aromatic rings. The van der Waals surface area contributed by atoms with Gasteiger partial charge in [0.05, 0.1) is 6.20 Å². The van der Waals surface area contributed by atoms with E-state index in [1.165, 1.54) is 17.1 Å². The van der Waals surface area contributed by atoms with Gasteiger partial charge in [-0.1, -0.05) is 28.1 Å². The Morgan fingerprint density at radius 3 is 2.90 bits per heavy atom. The average Bonchev–Trinajstić information content (AvgIpc) is 2.93. The third kappa shape index (κ3) is 4.63. The Hall–Kier alpha value is -1.22. The maximum atomic E-state index is 12.2. The van der Waals surface area contributed by atoms with Crippen LogP contribution >= 0.6 is 15.9 Å². The molecule has 0 saturated heterocycles. The summed E-state index contributed by atoms with van der Waals surface area (Å²) in [5.41, 5.74) is 0.862. The summed E-state index contributed by atoms with van der Waals surface area (Å²) in [6, 6.07) is 7.43. The number of hydrogen-bond acceptors (Lipinski definition) is 4. The summed E-state index contributed by atoms with van der Waals surface area (Å²) in [6.07, 6.45) is 3.30. The maximum absolute atomic E-state index is 12.2. The van der Waals surface area contributed by atoms with Gasteiger partial charge in [-0.05, 0) is 24.1 Å². The number of halogens is 1. The van der Waals surface area contributed by atoms with Crippen molar-refractivity contribution < 1.29 is 13.5 Å². The topological polar surface area (TPSA) is 84.2 Å². The van der Waals surface area contributed by atoms with E-state index in [1.807, 2.05) is 24.3 Å². The number of nitrogens with one attached hydrogen (secondary N) is 1. The van der Waals surface area contributed by atoms with E-state index in [0.29, 0.717) is 13.0 Å². The molecular weight excluding hydrogens is 358 g/mol. The van der Waals surface area contributed by atoms with Gasteiger partial charge in [0.1, 0.15) is 4.90 Å². The Kier molecular flexibility index (Phi) is 5.51. The molecule has 2 rings (SSSR count). The molecule has 8 heteroatoms. The molecule has 2 N–H and O–H groups in total. The summed E-state index contributed by atoms with van der Waals surface area (Å²) in [5, 5.41) is 12.7. The van der Waals surface area contributed by atoms with E-state index in [4.69, 9.17) is 5.11 Å². The van der Waals surface area contributed by atoms with Crippen LogP contribution in [0.3, 0.4) is 0 Å². The molecule has 1 heterocycles. The number of aromatic nitrogens is 2. The highest BCUT2D eigenvalue weighted by molar-refractivity contribution is 9.10. The van der Waals surface area contributed by atoms with Crippen molar-refractivity contribution >= 4 is 26.0 Å². The molecule has 21 heavy (non-hydrogen) atoms. The zero-order valence-corrected chi connectivity index (χ0v) is 13.6. The Morgan fingerprint density at radius 1 is 1.38 bits per heavy atom. The fraction of sp³-hybridized carbons (Fsp3) is 0.308. The van der Waals surface area contributed by atoms with Crippen molar-refractivity contribution in [1.29, 1.82) is 0 Å². The second-order valence-electron chi connectivity index (χ2n) is 4.47. The van der Waals surface area contributed by atoms with Gasteiger partial charge < -0.3 is 5.11 Å². The van der Waals surface area contributed by atoms with E-state index in [0.717, 1.165) is 10.0 Å². The van der Waals surface area contributed by atoms with Crippen molar-refractivity contribution in [3.8, 4) is 0 Å². The lowest BCUT2D eigenvalue weighted by Gasteiger charge is -2.05. The number of rotatable bonds is 7. The number of aliphatic hydroxyl groups excluding tert-OH is 1. The Labute approximate surface area is 132 Å². The zero-order valence-electron chi connectivity index (χ0n) is 11.2. The van der Waals surface area contributed by atoms with Crippen molar-refractivity contribution in [3.05, 3.63) is 46.7 Å². The maximum Gasteiger partial charge on any atom is 0.243 e. The van der Waals surface area contributed by atoms with E-state index in [9.17, 15) is 8.42 Å². The molecule has 0 aliphatic heterocycles. The largest absolute Gasteiger partial charge is 0.396 e. The molecule has 0 aliphatic rings. The quantitative estimate of drug-likeness (QED) is 0.770. The molecule has 0 atom stereocenters. The van der Waals surface area contributed by atoms with E-state index in [1.54, 1.807) is 0 Å². The highest BCUT2D eigenvalue weighted by Gasteiger charge is 2.16. The van der Waals surface area contributed by atoms with Crippen molar-refractivity contribution in [1.82, 2.24) is 14.5 Å². The second kappa shape index (κ2) is 7.17. The molecule has 6 nitrogen and oxygen atoms in total. The molecule has 1 aromatic carbocycles. The smallest absolute Gasteiger partial charge is 0.243 e. The molecule has 0 aliphatic carbocycles. The van der Waals surface area contributed by atoms with Crippen LogP contribution in [0.5, 0.6) is 0 Å². The van der Waals surface area contributed by atoms with E-state index in [-0.39, 0.29) is 18.0 Å². The van der Waals surface area contributed by atoms with Gasteiger partial charge in [0.15, 0.2) is 0 Å². The molecule has 0 bridgehead atoms. The van der Waals surface area contributed by atoms with Crippen LogP contribution in [-0.4, -0.2) is 29.9 Å². The summed E-state index contributed by atoms with van der Waals surface area (Å²) in [4.78, 5) is 0.121. The van der Waals surface area contributed by atoms with Crippen molar-refractivity contribution in [2.75, 3.05) is 6.61 Å². The number of benzene rings is 1. The lowest BCUT2D eigenvalue weighted by atomic mass is 10.2. The predicted molar refractivity (Wildman–Crippen MR) is 82.1 cm³/mol.